The van der Waals surface area contributed by atoms with Crippen molar-refractivity contribution in [3.8, 4) is 11.8 Å². The van der Waals surface area contributed by atoms with Crippen molar-refractivity contribution in [2.24, 2.45) is 17.8 Å². The molecule has 2 aromatic rings. The molecule has 4 aliphatic rings. The molecule has 1 heterocycles. The van der Waals surface area contributed by atoms with E-state index in [2.05, 4.69) is 11.4 Å². The molecule has 6 rings (SSSR count). The van der Waals surface area contributed by atoms with E-state index in [1.54, 1.807) is 29.5 Å². The zero-order valence-electron chi connectivity index (χ0n) is 14.7. The Balaban J connectivity index is 1.47. The van der Waals surface area contributed by atoms with E-state index >= 15 is 0 Å². The third-order valence-corrected chi connectivity index (χ3v) is 7.49. The Morgan fingerprint density at radius 3 is 2.50 bits per heavy atom. The van der Waals surface area contributed by atoms with Gasteiger partial charge in [0.2, 0.25) is 0 Å². The van der Waals surface area contributed by atoms with Gasteiger partial charge in [0, 0.05) is 10.8 Å². The Morgan fingerprint density at radius 1 is 1.19 bits per heavy atom. The first kappa shape index (κ1) is 16.1. The van der Waals surface area contributed by atoms with Gasteiger partial charge in [-0.1, -0.05) is 12.1 Å². The Labute approximate surface area is 158 Å². The number of nitriles is 1. The normalized spacial score (nSPS) is 32.6. The molecule has 4 aliphatic carbocycles. The van der Waals surface area contributed by atoms with E-state index < -0.39 is 0 Å². The summed E-state index contributed by atoms with van der Waals surface area (Å²) in [4.78, 5) is 4.96. The molecule has 4 fully saturated rings. The van der Waals surface area contributed by atoms with Crippen molar-refractivity contribution in [3.05, 3.63) is 45.9 Å². The van der Waals surface area contributed by atoms with Crippen molar-refractivity contribution in [3.63, 3.8) is 0 Å². The third kappa shape index (κ3) is 2.66. The Bertz CT molecular complexity index is 885. The fraction of sp³-hybridized carbons (Fsp3) is 0.455. The highest BCUT2D eigenvalue weighted by Crippen LogP contribution is 2.60. The van der Waals surface area contributed by atoms with Crippen molar-refractivity contribution in [2.75, 3.05) is 0 Å². The topological polar surface area (TPSA) is 56.9 Å². The third-order valence-electron chi connectivity index (χ3n) is 6.62. The lowest BCUT2D eigenvalue weighted by Crippen LogP contribution is -2.48. The molecule has 0 aliphatic heterocycles. The number of nitrogens with zero attached hydrogens (tertiary/aromatic N) is 2. The number of benzene rings is 1. The molecule has 0 saturated heterocycles. The maximum absolute atomic E-state index is 9.64. The van der Waals surface area contributed by atoms with Crippen molar-refractivity contribution >= 4 is 23.0 Å². The lowest BCUT2D eigenvalue weighted by molar-refractivity contribution is -0.00694. The molecule has 4 saturated carbocycles. The molecule has 4 heteroatoms. The summed E-state index contributed by atoms with van der Waals surface area (Å²) in [6, 6.07) is 9.29. The minimum atomic E-state index is 0.212. The summed E-state index contributed by atoms with van der Waals surface area (Å²) in [6.07, 6.45) is 9.98. The summed E-state index contributed by atoms with van der Waals surface area (Å²) < 4.78 is 0. The lowest BCUT2D eigenvalue weighted by Gasteiger charge is -2.56. The number of rotatable bonds is 3. The smallest absolute Gasteiger partial charge is 0.134 e. The second kappa shape index (κ2) is 5.96. The van der Waals surface area contributed by atoms with Crippen LogP contribution in [-0.2, 0) is 5.41 Å². The first-order chi connectivity index (χ1) is 12.6. The first-order valence-corrected chi connectivity index (χ1v) is 10.4. The fourth-order valence-corrected chi connectivity index (χ4v) is 6.90. The van der Waals surface area contributed by atoms with Crippen molar-refractivity contribution < 1.29 is 5.11 Å². The van der Waals surface area contributed by atoms with Crippen LogP contribution in [0.15, 0.2) is 29.6 Å². The van der Waals surface area contributed by atoms with Crippen LogP contribution in [0.2, 0.25) is 0 Å². The monoisotopic (exact) mass is 362 g/mol. The standard InChI is InChI=1S/C22H22N2OS/c23-12-18(7-14-2-1-3-19(25)8-14)21-24-20(13-26-21)22-9-15-4-16(10-22)6-17(5-15)11-22/h1-3,7-8,13,15-17,25H,4-6,9-11H2/b18-7+. The number of allylic oxidation sites excluding steroid dienone is 1. The molecule has 1 N–H and O–H groups in total. The number of thiazole rings is 1. The highest BCUT2D eigenvalue weighted by molar-refractivity contribution is 7.11. The molecule has 1 aromatic carbocycles. The average Bonchev–Trinajstić information content (AvgIpc) is 3.09. The van der Waals surface area contributed by atoms with Gasteiger partial charge in [0.1, 0.15) is 16.8 Å². The Kier molecular flexibility index (Phi) is 3.68. The van der Waals surface area contributed by atoms with Crippen molar-refractivity contribution in [1.82, 2.24) is 4.98 Å². The van der Waals surface area contributed by atoms with Crippen molar-refractivity contribution in [1.29, 1.82) is 5.26 Å². The molecule has 0 atom stereocenters. The summed E-state index contributed by atoms with van der Waals surface area (Å²) >= 11 is 1.59. The first-order valence-electron chi connectivity index (χ1n) is 9.51. The second-order valence-corrected chi connectivity index (χ2v) is 9.36. The van der Waals surface area contributed by atoms with Gasteiger partial charge < -0.3 is 5.11 Å². The zero-order valence-corrected chi connectivity index (χ0v) is 15.5. The van der Waals surface area contributed by atoms with Crippen LogP contribution in [0.5, 0.6) is 5.75 Å². The number of aromatic hydroxyl groups is 1. The number of aromatic nitrogens is 1. The number of hydrogen-bond donors (Lipinski definition) is 1. The van der Waals surface area contributed by atoms with Gasteiger partial charge in [-0.3, -0.25) is 0 Å². The minimum absolute atomic E-state index is 0.212. The molecule has 132 valence electrons. The summed E-state index contributed by atoms with van der Waals surface area (Å²) in [5.41, 5.74) is 2.91. The van der Waals surface area contributed by atoms with Gasteiger partial charge in [-0.15, -0.1) is 11.3 Å². The number of phenolic OH excluding ortho intramolecular Hbond substituents is 1. The zero-order chi connectivity index (χ0) is 17.7. The van der Waals surface area contributed by atoms with Crippen LogP contribution in [0.25, 0.3) is 11.6 Å². The van der Waals surface area contributed by atoms with Gasteiger partial charge in [-0.25, -0.2) is 4.98 Å². The van der Waals surface area contributed by atoms with E-state index in [1.807, 2.05) is 12.1 Å². The van der Waals surface area contributed by atoms with Crippen LogP contribution in [0.3, 0.4) is 0 Å². The highest BCUT2D eigenvalue weighted by Gasteiger charge is 2.52. The number of phenols is 1. The molecule has 0 unspecified atom stereocenters. The Hall–Kier alpha value is -2.12. The highest BCUT2D eigenvalue weighted by atomic mass is 32.1. The van der Waals surface area contributed by atoms with Gasteiger partial charge in [0.05, 0.1) is 11.3 Å². The number of hydrogen-bond acceptors (Lipinski definition) is 4. The van der Waals surface area contributed by atoms with E-state index in [0.29, 0.717) is 5.57 Å². The SMILES string of the molecule is N#C/C(=C\c1cccc(O)c1)c1nc(C23CC4CC(CC(C4)C2)C3)cs1. The molecular formula is C22H22N2OS. The van der Waals surface area contributed by atoms with Gasteiger partial charge in [-0.05, 0) is 80.1 Å². The maximum Gasteiger partial charge on any atom is 0.134 e. The maximum atomic E-state index is 9.64. The summed E-state index contributed by atoms with van der Waals surface area (Å²) in [5, 5.41) is 22.3. The summed E-state index contributed by atoms with van der Waals surface area (Å²) in [6.45, 7) is 0. The van der Waals surface area contributed by atoms with Gasteiger partial charge in [-0.2, -0.15) is 5.26 Å². The molecule has 26 heavy (non-hydrogen) atoms. The quantitative estimate of drug-likeness (QED) is 0.746. The molecule has 0 radical (unpaired) electrons. The van der Waals surface area contributed by atoms with Crippen LogP contribution in [-0.4, -0.2) is 10.1 Å². The van der Waals surface area contributed by atoms with Gasteiger partial charge >= 0.3 is 0 Å². The van der Waals surface area contributed by atoms with Crippen LogP contribution < -0.4 is 0 Å². The van der Waals surface area contributed by atoms with Crippen LogP contribution in [0.1, 0.15) is 54.8 Å². The van der Waals surface area contributed by atoms with E-state index in [-0.39, 0.29) is 11.2 Å². The molecule has 0 amide bonds. The molecule has 0 spiro atoms. The van der Waals surface area contributed by atoms with E-state index in [9.17, 15) is 10.4 Å². The van der Waals surface area contributed by atoms with Crippen LogP contribution in [0, 0.1) is 29.1 Å². The average molecular weight is 362 g/mol. The molecule has 3 nitrogen and oxygen atoms in total. The predicted molar refractivity (Wildman–Crippen MR) is 104 cm³/mol. The molecular weight excluding hydrogens is 340 g/mol. The van der Waals surface area contributed by atoms with Crippen LogP contribution in [0.4, 0.5) is 0 Å². The largest absolute Gasteiger partial charge is 0.508 e. The molecule has 1 aromatic heterocycles. The van der Waals surface area contributed by atoms with E-state index in [1.165, 1.54) is 44.2 Å². The van der Waals surface area contributed by atoms with Gasteiger partial charge in [0.25, 0.3) is 0 Å². The molecule has 4 bridgehead atoms. The van der Waals surface area contributed by atoms with E-state index in [4.69, 9.17) is 4.98 Å². The Morgan fingerprint density at radius 2 is 1.88 bits per heavy atom. The predicted octanol–water partition coefficient (Wildman–Crippen LogP) is 5.38. The minimum Gasteiger partial charge on any atom is -0.508 e. The summed E-state index contributed by atoms with van der Waals surface area (Å²) in [5.74, 6) is 2.89. The van der Waals surface area contributed by atoms with Crippen LogP contribution >= 0.6 is 11.3 Å². The fourth-order valence-electron chi connectivity index (χ4n) is 5.99. The van der Waals surface area contributed by atoms with E-state index in [0.717, 1.165) is 28.3 Å². The summed E-state index contributed by atoms with van der Waals surface area (Å²) in [7, 11) is 0. The van der Waals surface area contributed by atoms with Gasteiger partial charge in [0.15, 0.2) is 0 Å². The lowest BCUT2D eigenvalue weighted by atomic mass is 9.49. The second-order valence-electron chi connectivity index (χ2n) is 8.50. The van der Waals surface area contributed by atoms with Crippen molar-refractivity contribution in [2.45, 2.75) is 43.9 Å².